The second-order valence-electron chi connectivity index (χ2n) is 6.76. The maximum atomic E-state index is 12.7. The molecule has 3 aromatic rings. The Labute approximate surface area is 166 Å². The topological polar surface area (TPSA) is 47.6 Å². The van der Waals surface area contributed by atoms with Gasteiger partial charge < -0.3 is 14.8 Å². The summed E-state index contributed by atoms with van der Waals surface area (Å²) in [6.45, 7) is 4.94. The molecule has 0 atom stereocenters. The van der Waals surface area contributed by atoms with Crippen molar-refractivity contribution in [2.24, 2.45) is 0 Å². The van der Waals surface area contributed by atoms with Gasteiger partial charge in [-0.2, -0.15) is 0 Å². The molecule has 3 aromatic carbocycles. The highest BCUT2D eigenvalue weighted by molar-refractivity contribution is 6.04. The lowest BCUT2D eigenvalue weighted by Crippen LogP contribution is -2.13. The summed E-state index contributed by atoms with van der Waals surface area (Å²) in [6.07, 6.45) is 0. The summed E-state index contributed by atoms with van der Waals surface area (Å²) in [7, 11) is 1.62. The van der Waals surface area contributed by atoms with Gasteiger partial charge >= 0.3 is 0 Å². The van der Waals surface area contributed by atoms with Crippen LogP contribution in [-0.4, -0.2) is 13.0 Å². The van der Waals surface area contributed by atoms with Crippen molar-refractivity contribution in [1.29, 1.82) is 0 Å². The van der Waals surface area contributed by atoms with Crippen molar-refractivity contribution in [3.8, 4) is 5.75 Å². The largest absolute Gasteiger partial charge is 0.496 e. The number of carbonyl (C=O) groups excluding carboxylic acids is 1. The second-order valence-corrected chi connectivity index (χ2v) is 6.76. The van der Waals surface area contributed by atoms with E-state index in [2.05, 4.69) is 5.32 Å². The number of carbonyl (C=O) groups is 1. The van der Waals surface area contributed by atoms with E-state index in [9.17, 15) is 4.79 Å². The number of nitrogens with one attached hydrogen (secondary N) is 1. The number of aryl methyl sites for hydroxylation is 2. The molecule has 0 saturated carbocycles. The molecule has 0 radical (unpaired) electrons. The van der Waals surface area contributed by atoms with Crippen molar-refractivity contribution < 1.29 is 14.3 Å². The van der Waals surface area contributed by atoms with Gasteiger partial charge in [-0.25, -0.2) is 0 Å². The summed E-state index contributed by atoms with van der Waals surface area (Å²) < 4.78 is 11.2. The minimum absolute atomic E-state index is 0.157. The lowest BCUT2D eigenvalue weighted by atomic mass is 10.1. The Bertz CT molecular complexity index is 951. The van der Waals surface area contributed by atoms with Crippen molar-refractivity contribution in [2.45, 2.75) is 27.1 Å². The number of methoxy groups -OCH3 is 1. The van der Waals surface area contributed by atoms with E-state index in [4.69, 9.17) is 9.47 Å². The molecule has 0 fully saturated rings. The van der Waals surface area contributed by atoms with Crippen LogP contribution in [0.5, 0.6) is 5.75 Å². The normalized spacial score (nSPS) is 10.5. The van der Waals surface area contributed by atoms with Crippen molar-refractivity contribution in [3.05, 3.63) is 94.5 Å². The summed E-state index contributed by atoms with van der Waals surface area (Å²) in [5.74, 6) is 0.547. The summed E-state index contributed by atoms with van der Waals surface area (Å²) in [4.78, 5) is 12.7. The van der Waals surface area contributed by atoms with Crippen LogP contribution in [0.15, 0.2) is 66.7 Å². The Balaban J connectivity index is 1.70. The average molecular weight is 375 g/mol. The fraction of sp³-hybridized carbons (Fsp3) is 0.208. The Hall–Kier alpha value is -3.11. The number of ether oxygens (including phenoxy) is 2. The number of hydrogen-bond donors (Lipinski definition) is 1. The first kappa shape index (κ1) is 19.6. The van der Waals surface area contributed by atoms with Crippen LogP contribution in [-0.2, 0) is 18.0 Å². The SMILES string of the molecule is COc1ccc(C(=O)Nc2ccc(C)c(C)c2)cc1COCc1ccccc1. The van der Waals surface area contributed by atoms with Gasteiger partial charge in [0.05, 0.1) is 20.3 Å². The van der Waals surface area contributed by atoms with Crippen molar-refractivity contribution in [3.63, 3.8) is 0 Å². The molecule has 4 heteroatoms. The molecule has 0 aliphatic carbocycles. The molecule has 0 aliphatic heterocycles. The quantitative estimate of drug-likeness (QED) is 0.611. The molecule has 0 heterocycles. The molecule has 1 N–H and O–H groups in total. The maximum absolute atomic E-state index is 12.7. The first-order chi connectivity index (χ1) is 13.6. The molecule has 0 unspecified atom stereocenters. The van der Waals surface area contributed by atoms with Gasteiger partial charge in [-0.15, -0.1) is 0 Å². The van der Waals surface area contributed by atoms with E-state index >= 15 is 0 Å². The first-order valence-electron chi connectivity index (χ1n) is 9.24. The summed E-state index contributed by atoms with van der Waals surface area (Å²) in [6, 6.07) is 21.2. The fourth-order valence-corrected chi connectivity index (χ4v) is 2.91. The molecule has 28 heavy (non-hydrogen) atoms. The predicted octanol–water partition coefficient (Wildman–Crippen LogP) is 5.28. The Morgan fingerprint density at radius 2 is 1.68 bits per heavy atom. The second kappa shape index (κ2) is 9.20. The summed E-state index contributed by atoms with van der Waals surface area (Å²) in [5, 5.41) is 2.95. The Morgan fingerprint density at radius 3 is 2.39 bits per heavy atom. The average Bonchev–Trinajstić information content (AvgIpc) is 2.71. The van der Waals surface area contributed by atoms with Gasteiger partial charge in [0.25, 0.3) is 5.91 Å². The molecule has 4 nitrogen and oxygen atoms in total. The van der Waals surface area contributed by atoms with Crippen LogP contribution >= 0.6 is 0 Å². The van der Waals surface area contributed by atoms with Gasteiger partial charge in [-0.05, 0) is 60.9 Å². The number of amides is 1. The van der Waals surface area contributed by atoms with Crippen molar-refractivity contribution in [2.75, 3.05) is 12.4 Å². The minimum atomic E-state index is -0.157. The maximum Gasteiger partial charge on any atom is 0.255 e. The highest BCUT2D eigenvalue weighted by Gasteiger charge is 2.11. The van der Waals surface area contributed by atoms with Crippen LogP contribution in [0.2, 0.25) is 0 Å². The molecule has 0 aliphatic rings. The number of anilines is 1. The minimum Gasteiger partial charge on any atom is -0.496 e. The molecular weight excluding hydrogens is 350 g/mol. The third-order valence-electron chi connectivity index (χ3n) is 4.68. The van der Waals surface area contributed by atoms with E-state index in [-0.39, 0.29) is 5.91 Å². The van der Waals surface area contributed by atoms with Gasteiger partial charge in [-0.1, -0.05) is 36.4 Å². The molecule has 1 amide bonds. The highest BCUT2D eigenvalue weighted by Crippen LogP contribution is 2.22. The fourth-order valence-electron chi connectivity index (χ4n) is 2.91. The van der Waals surface area contributed by atoms with Crippen molar-refractivity contribution >= 4 is 11.6 Å². The predicted molar refractivity (Wildman–Crippen MR) is 112 cm³/mol. The standard InChI is InChI=1S/C24H25NO3/c1-17-9-11-22(13-18(17)2)25-24(26)20-10-12-23(27-3)21(14-20)16-28-15-19-7-5-4-6-8-19/h4-14H,15-16H2,1-3H3,(H,25,26). The lowest BCUT2D eigenvalue weighted by Gasteiger charge is -2.12. The van der Waals surface area contributed by atoms with Crippen LogP contribution in [0, 0.1) is 13.8 Å². The number of benzene rings is 3. The molecule has 3 rings (SSSR count). The number of rotatable bonds is 7. The zero-order chi connectivity index (χ0) is 19.9. The van der Waals surface area contributed by atoms with Crippen molar-refractivity contribution in [1.82, 2.24) is 0 Å². The smallest absolute Gasteiger partial charge is 0.255 e. The molecule has 144 valence electrons. The Morgan fingerprint density at radius 1 is 0.893 bits per heavy atom. The molecule has 0 aromatic heterocycles. The lowest BCUT2D eigenvalue weighted by molar-refractivity contribution is 0.102. The zero-order valence-corrected chi connectivity index (χ0v) is 16.5. The van der Waals surface area contributed by atoms with Crippen LogP contribution in [0.1, 0.15) is 32.6 Å². The molecular formula is C24H25NO3. The van der Waals surface area contributed by atoms with E-state index in [1.54, 1.807) is 19.2 Å². The molecule has 0 saturated heterocycles. The summed E-state index contributed by atoms with van der Waals surface area (Å²) >= 11 is 0. The van der Waals surface area contributed by atoms with Crippen LogP contribution in [0.4, 0.5) is 5.69 Å². The van der Waals surface area contributed by atoms with Gasteiger partial charge in [0.2, 0.25) is 0 Å². The summed E-state index contributed by atoms with van der Waals surface area (Å²) in [5.41, 5.74) is 5.63. The van der Waals surface area contributed by atoms with E-state index in [1.807, 2.05) is 68.4 Å². The number of hydrogen-bond acceptors (Lipinski definition) is 3. The van der Waals surface area contributed by atoms with E-state index in [1.165, 1.54) is 5.56 Å². The van der Waals surface area contributed by atoms with Gasteiger partial charge in [0.15, 0.2) is 0 Å². The van der Waals surface area contributed by atoms with E-state index in [0.29, 0.717) is 24.5 Å². The van der Waals surface area contributed by atoms with Crippen LogP contribution in [0.25, 0.3) is 0 Å². The third kappa shape index (κ3) is 4.99. The van der Waals surface area contributed by atoms with Crippen LogP contribution < -0.4 is 10.1 Å². The monoisotopic (exact) mass is 375 g/mol. The Kier molecular flexibility index (Phi) is 6.45. The van der Waals surface area contributed by atoms with Gasteiger partial charge in [0, 0.05) is 16.8 Å². The van der Waals surface area contributed by atoms with Gasteiger partial charge in [0.1, 0.15) is 5.75 Å². The van der Waals surface area contributed by atoms with E-state index < -0.39 is 0 Å². The van der Waals surface area contributed by atoms with E-state index in [0.717, 1.165) is 22.4 Å². The van der Waals surface area contributed by atoms with Crippen LogP contribution in [0.3, 0.4) is 0 Å². The first-order valence-corrected chi connectivity index (χ1v) is 9.24. The highest BCUT2D eigenvalue weighted by atomic mass is 16.5. The molecule has 0 bridgehead atoms. The van der Waals surface area contributed by atoms with Gasteiger partial charge in [-0.3, -0.25) is 4.79 Å². The zero-order valence-electron chi connectivity index (χ0n) is 16.5. The third-order valence-corrected chi connectivity index (χ3v) is 4.68. The molecule has 0 spiro atoms.